The zero-order chi connectivity index (χ0) is 15.9. The minimum absolute atomic E-state index is 0.00654. The van der Waals surface area contributed by atoms with Gasteiger partial charge in [0.2, 0.25) is 0 Å². The molecule has 0 saturated heterocycles. The maximum absolute atomic E-state index is 12.4. The number of fused-ring (bicyclic) bond motifs is 1. The van der Waals surface area contributed by atoms with Gasteiger partial charge < -0.3 is 14.8 Å². The Labute approximate surface area is 128 Å². The van der Waals surface area contributed by atoms with Gasteiger partial charge in [0.25, 0.3) is 10.0 Å². The molecule has 3 rings (SSSR count). The Kier molecular flexibility index (Phi) is 3.60. The monoisotopic (exact) mass is 319 g/mol. The summed E-state index contributed by atoms with van der Waals surface area (Å²) in [5.41, 5.74) is 2.53. The molecule has 1 aliphatic heterocycles. The van der Waals surface area contributed by atoms with Crippen LogP contribution in [0.1, 0.15) is 11.1 Å². The molecule has 1 aliphatic rings. The maximum atomic E-state index is 12.4. The van der Waals surface area contributed by atoms with Crippen LogP contribution in [0.2, 0.25) is 0 Å². The Morgan fingerprint density at radius 3 is 2.59 bits per heavy atom. The number of aryl methyl sites for hydroxylation is 1. The van der Waals surface area contributed by atoms with Crippen molar-refractivity contribution >= 4 is 28.3 Å². The number of phenols is 1. The fraction of sp³-hybridized carbons (Fsp3) is 0.143. The SMILES string of the molecule is Cc1cc2c(cc1NS(=O)(=O)c1ccc(O)cc1)B(O)OC2. The average Bonchev–Trinajstić information content (AvgIpc) is 2.80. The molecule has 0 amide bonds. The van der Waals surface area contributed by atoms with Gasteiger partial charge in [-0.25, -0.2) is 8.42 Å². The van der Waals surface area contributed by atoms with Crippen molar-refractivity contribution in [1.29, 1.82) is 0 Å². The first-order valence-corrected chi connectivity index (χ1v) is 8.10. The summed E-state index contributed by atoms with van der Waals surface area (Å²) in [7, 11) is -4.81. The normalized spacial score (nSPS) is 14.0. The third-order valence-corrected chi connectivity index (χ3v) is 4.92. The van der Waals surface area contributed by atoms with Crippen LogP contribution in [0, 0.1) is 6.92 Å². The van der Waals surface area contributed by atoms with Crippen LogP contribution < -0.4 is 10.2 Å². The Morgan fingerprint density at radius 2 is 1.91 bits per heavy atom. The van der Waals surface area contributed by atoms with Gasteiger partial charge in [-0.15, -0.1) is 0 Å². The lowest BCUT2D eigenvalue weighted by molar-refractivity contribution is 0.275. The number of rotatable bonds is 3. The molecular weight excluding hydrogens is 305 g/mol. The first kappa shape index (κ1) is 14.9. The first-order chi connectivity index (χ1) is 10.4. The van der Waals surface area contributed by atoms with E-state index in [0.29, 0.717) is 17.8 Å². The second-order valence-corrected chi connectivity index (χ2v) is 6.81. The van der Waals surface area contributed by atoms with Crippen molar-refractivity contribution in [2.24, 2.45) is 0 Å². The zero-order valence-electron chi connectivity index (χ0n) is 11.8. The lowest BCUT2D eigenvalue weighted by Gasteiger charge is -2.12. The van der Waals surface area contributed by atoms with Crippen molar-refractivity contribution in [3.05, 3.63) is 47.5 Å². The van der Waals surface area contributed by atoms with E-state index in [0.717, 1.165) is 11.1 Å². The summed E-state index contributed by atoms with van der Waals surface area (Å²) < 4.78 is 32.3. The van der Waals surface area contributed by atoms with Crippen LogP contribution in [-0.4, -0.2) is 25.7 Å². The van der Waals surface area contributed by atoms with Gasteiger partial charge in [-0.2, -0.15) is 0 Å². The summed E-state index contributed by atoms with van der Waals surface area (Å²) in [6.07, 6.45) is 0. The Bertz CT molecular complexity index is 820. The molecule has 0 unspecified atom stereocenters. The van der Waals surface area contributed by atoms with Gasteiger partial charge in [-0.05, 0) is 53.8 Å². The molecule has 0 aromatic heterocycles. The minimum atomic E-state index is -3.77. The number of aromatic hydroxyl groups is 1. The molecule has 0 spiro atoms. The fourth-order valence-corrected chi connectivity index (χ4v) is 3.46. The largest absolute Gasteiger partial charge is 0.508 e. The van der Waals surface area contributed by atoms with Gasteiger partial charge in [0.1, 0.15) is 5.75 Å². The van der Waals surface area contributed by atoms with E-state index in [9.17, 15) is 18.5 Å². The van der Waals surface area contributed by atoms with Crippen molar-refractivity contribution in [1.82, 2.24) is 0 Å². The van der Waals surface area contributed by atoms with E-state index in [1.165, 1.54) is 24.3 Å². The molecule has 8 heteroatoms. The highest BCUT2D eigenvalue weighted by Gasteiger charge is 2.28. The Hall–Kier alpha value is -2.03. The smallest absolute Gasteiger partial charge is 0.491 e. The van der Waals surface area contributed by atoms with E-state index in [2.05, 4.69) is 4.72 Å². The molecule has 22 heavy (non-hydrogen) atoms. The molecule has 2 aromatic rings. The number of nitrogens with one attached hydrogen (secondary N) is 1. The highest BCUT2D eigenvalue weighted by molar-refractivity contribution is 7.92. The molecule has 0 fully saturated rings. The number of phenolic OH excluding ortho intramolecular Hbond substituents is 1. The van der Waals surface area contributed by atoms with Crippen molar-refractivity contribution in [3.8, 4) is 5.75 Å². The predicted molar refractivity (Wildman–Crippen MR) is 82.5 cm³/mol. The average molecular weight is 319 g/mol. The quantitative estimate of drug-likeness (QED) is 0.725. The lowest BCUT2D eigenvalue weighted by atomic mass is 9.79. The molecule has 114 valence electrons. The first-order valence-electron chi connectivity index (χ1n) is 6.62. The van der Waals surface area contributed by atoms with Crippen LogP contribution in [-0.2, 0) is 21.3 Å². The number of hydrogen-bond acceptors (Lipinski definition) is 5. The molecule has 0 atom stereocenters. The lowest BCUT2D eigenvalue weighted by Crippen LogP contribution is -2.29. The van der Waals surface area contributed by atoms with Crippen LogP contribution in [0.5, 0.6) is 5.75 Å². The van der Waals surface area contributed by atoms with Crippen molar-refractivity contribution in [2.75, 3.05) is 4.72 Å². The van der Waals surface area contributed by atoms with Crippen LogP contribution in [0.15, 0.2) is 41.3 Å². The second kappa shape index (κ2) is 5.31. The zero-order valence-corrected chi connectivity index (χ0v) is 12.6. The van der Waals surface area contributed by atoms with Crippen LogP contribution in [0.3, 0.4) is 0 Å². The third-order valence-electron chi connectivity index (χ3n) is 3.54. The van der Waals surface area contributed by atoms with E-state index in [-0.39, 0.29) is 10.6 Å². The molecule has 1 heterocycles. The predicted octanol–water partition coefficient (Wildman–Crippen LogP) is 0.719. The molecule has 2 aromatic carbocycles. The molecule has 3 N–H and O–H groups in total. The maximum Gasteiger partial charge on any atom is 0.491 e. The van der Waals surface area contributed by atoms with Gasteiger partial charge in [0.05, 0.1) is 17.2 Å². The van der Waals surface area contributed by atoms with Crippen LogP contribution in [0.25, 0.3) is 0 Å². The summed E-state index contributed by atoms with van der Waals surface area (Å²) in [4.78, 5) is 0.0435. The highest BCUT2D eigenvalue weighted by atomic mass is 32.2. The summed E-state index contributed by atoms with van der Waals surface area (Å²) in [6.45, 7) is 2.09. The Balaban J connectivity index is 1.96. The number of sulfonamides is 1. The summed E-state index contributed by atoms with van der Waals surface area (Å²) in [6, 6.07) is 8.63. The highest BCUT2D eigenvalue weighted by Crippen LogP contribution is 2.23. The van der Waals surface area contributed by atoms with Gasteiger partial charge in [-0.3, -0.25) is 4.72 Å². The van der Waals surface area contributed by atoms with Crippen LogP contribution >= 0.6 is 0 Å². The molecular formula is C14H14BNO5S. The van der Waals surface area contributed by atoms with Crippen LogP contribution in [0.4, 0.5) is 5.69 Å². The summed E-state index contributed by atoms with van der Waals surface area (Å²) in [5.74, 6) is -0.00654. The van der Waals surface area contributed by atoms with Gasteiger partial charge in [0.15, 0.2) is 0 Å². The van der Waals surface area contributed by atoms with Gasteiger partial charge in [0, 0.05) is 0 Å². The van der Waals surface area contributed by atoms with E-state index < -0.39 is 17.1 Å². The van der Waals surface area contributed by atoms with Gasteiger partial charge in [-0.1, -0.05) is 6.07 Å². The van der Waals surface area contributed by atoms with E-state index >= 15 is 0 Å². The van der Waals surface area contributed by atoms with Crippen molar-refractivity contribution < 1.29 is 23.2 Å². The molecule has 0 radical (unpaired) electrons. The van der Waals surface area contributed by atoms with E-state index in [1.54, 1.807) is 19.1 Å². The summed E-state index contributed by atoms with van der Waals surface area (Å²) >= 11 is 0. The second-order valence-electron chi connectivity index (χ2n) is 5.13. The molecule has 0 bridgehead atoms. The molecule has 0 saturated carbocycles. The third kappa shape index (κ3) is 2.68. The van der Waals surface area contributed by atoms with E-state index in [4.69, 9.17) is 4.65 Å². The number of hydrogen-bond donors (Lipinski definition) is 3. The number of anilines is 1. The van der Waals surface area contributed by atoms with Gasteiger partial charge >= 0.3 is 7.12 Å². The van der Waals surface area contributed by atoms with E-state index in [1.807, 2.05) is 0 Å². The topological polar surface area (TPSA) is 95.9 Å². The molecule has 6 nitrogen and oxygen atoms in total. The Morgan fingerprint density at radius 1 is 1.23 bits per heavy atom. The van der Waals surface area contributed by atoms with Crippen molar-refractivity contribution in [2.45, 2.75) is 18.4 Å². The molecule has 0 aliphatic carbocycles. The minimum Gasteiger partial charge on any atom is -0.508 e. The fourth-order valence-electron chi connectivity index (χ4n) is 2.34. The standard InChI is InChI=1S/C14H14BNO5S/c1-9-6-10-8-21-15(18)13(10)7-14(9)16-22(19,20)12-4-2-11(17)3-5-12/h2-7,16-18H,8H2,1H3. The van der Waals surface area contributed by atoms with Crippen molar-refractivity contribution in [3.63, 3.8) is 0 Å². The summed E-state index contributed by atoms with van der Waals surface area (Å²) in [5, 5.41) is 18.9. The number of benzene rings is 2.